The molecule has 138 valence electrons. The number of hydrogen-bond acceptors (Lipinski definition) is 4. The fraction of sp³-hybridized carbons (Fsp3) is 0.190. The van der Waals surface area contributed by atoms with Crippen LogP contribution < -0.4 is 5.32 Å². The first-order valence-corrected chi connectivity index (χ1v) is 8.72. The molecule has 0 spiro atoms. The van der Waals surface area contributed by atoms with Crippen molar-refractivity contribution in [2.75, 3.05) is 0 Å². The van der Waals surface area contributed by atoms with Gasteiger partial charge in [0.2, 0.25) is 0 Å². The van der Waals surface area contributed by atoms with Crippen LogP contribution in [-0.2, 0) is 27.3 Å². The lowest BCUT2D eigenvalue weighted by molar-refractivity contribution is -0.154. The van der Waals surface area contributed by atoms with Crippen molar-refractivity contribution in [2.24, 2.45) is 0 Å². The largest absolute Gasteiger partial charge is 0.452 e. The van der Waals surface area contributed by atoms with Gasteiger partial charge in [-0.15, -0.1) is 0 Å². The molecule has 2 aromatic carbocycles. The predicted molar refractivity (Wildman–Crippen MR) is 101 cm³/mol. The van der Waals surface area contributed by atoms with Crippen molar-refractivity contribution in [3.8, 4) is 5.69 Å². The number of hydrogen-bond donors (Lipinski definition) is 1. The molecule has 0 aliphatic carbocycles. The van der Waals surface area contributed by atoms with Crippen LogP contribution >= 0.6 is 0 Å². The van der Waals surface area contributed by atoms with Crippen molar-refractivity contribution in [2.45, 2.75) is 26.0 Å². The van der Waals surface area contributed by atoms with Crippen LogP contribution in [0.2, 0.25) is 0 Å². The molecule has 3 rings (SSSR count). The van der Waals surface area contributed by atoms with Gasteiger partial charge in [-0.3, -0.25) is 9.59 Å². The minimum atomic E-state index is -0.856. The van der Waals surface area contributed by atoms with Gasteiger partial charge in [0, 0.05) is 18.3 Å². The van der Waals surface area contributed by atoms with E-state index < -0.39 is 12.1 Å². The highest BCUT2D eigenvalue weighted by atomic mass is 16.5. The van der Waals surface area contributed by atoms with Crippen LogP contribution in [0, 0.1) is 0 Å². The summed E-state index contributed by atoms with van der Waals surface area (Å²) in [7, 11) is 0. The molecule has 1 amide bonds. The van der Waals surface area contributed by atoms with Gasteiger partial charge in [-0.05, 0) is 24.6 Å². The number of ether oxygens (including phenoxy) is 1. The molecule has 1 N–H and O–H groups in total. The average molecular weight is 363 g/mol. The summed E-state index contributed by atoms with van der Waals surface area (Å²) in [6.45, 7) is 1.96. The van der Waals surface area contributed by atoms with E-state index in [1.165, 1.54) is 0 Å². The van der Waals surface area contributed by atoms with Crippen LogP contribution in [0.5, 0.6) is 0 Å². The highest BCUT2D eigenvalue weighted by Crippen LogP contribution is 2.09. The van der Waals surface area contributed by atoms with Crippen molar-refractivity contribution in [1.29, 1.82) is 0 Å². The maximum atomic E-state index is 12.1. The molecule has 0 bridgehead atoms. The van der Waals surface area contributed by atoms with E-state index >= 15 is 0 Å². The second-order valence-corrected chi connectivity index (χ2v) is 6.14. The number of nitrogens with zero attached hydrogens (tertiary/aromatic N) is 2. The van der Waals surface area contributed by atoms with Gasteiger partial charge in [0.05, 0.1) is 18.3 Å². The molecule has 0 fully saturated rings. The molecule has 0 aliphatic rings. The Morgan fingerprint density at radius 3 is 2.41 bits per heavy atom. The Bertz CT molecular complexity index is 891. The van der Waals surface area contributed by atoms with Crippen LogP contribution in [0.4, 0.5) is 0 Å². The van der Waals surface area contributed by atoms with Gasteiger partial charge in [-0.25, -0.2) is 4.68 Å². The molecule has 1 unspecified atom stereocenters. The fourth-order valence-corrected chi connectivity index (χ4v) is 2.56. The highest BCUT2D eigenvalue weighted by Gasteiger charge is 2.18. The molecule has 1 atom stereocenters. The number of nitrogens with one attached hydrogen (secondary N) is 1. The number of carbonyl (C=O) groups excluding carboxylic acids is 2. The third-order valence-electron chi connectivity index (χ3n) is 3.99. The number of esters is 1. The van der Waals surface area contributed by atoms with E-state index in [2.05, 4.69) is 10.4 Å². The first kappa shape index (κ1) is 18.4. The molecule has 0 saturated heterocycles. The molecule has 0 aliphatic heterocycles. The third-order valence-corrected chi connectivity index (χ3v) is 3.99. The zero-order chi connectivity index (χ0) is 19.1. The molecule has 6 nitrogen and oxygen atoms in total. The standard InChI is InChI=1S/C21H21N3O3/c1-16(21(26)22-13-17-8-4-2-5-9-17)27-20(25)12-18-14-23-24(15-18)19-10-6-3-7-11-19/h2-11,14-16H,12-13H2,1H3,(H,22,26). The Kier molecular flexibility index (Phi) is 5.99. The monoisotopic (exact) mass is 363 g/mol. The molecule has 0 saturated carbocycles. The van der Waals surface area contributed by atoms with Gasteiger partial charge < -0.3 is 10.1 Å². The van der Waals surface area contributed by atoms with Gasteiger partial charge in [-0.2, -0.15) is 5.10 Å². The second kappa shape index (κ2) is 8.80. The number of benzene rings is 2. The molecule has 27 heavy (non-hydrogen) atoms. The van der Waals surface area contributed by atoms with E-state index in [4.69, 9.17) is 4.74 Å². The molecule has 3 aromatic rings. The smallest absolute Gasteiger partial charge is 0.311 e. The summed E-state index contributed by atoms with van der Waals surface area (Å²) in [6.07, 6.45) is 2.60. The third kappa shape index (κ3) is 5.28. The zero-order valence-corrected chi connectivity index (χ0v) is 15.0. The van der Waals surface area contributed by atoms with Gasteiger partial charge in [-0.1, -0.05) is 48.5 Å². The van der Waals surface area contributed by atoms with Gasteiger partial charge >= 0.3 is 5.97 Å². The summed E-state index contributed by atoms with van der Waals surface area (Å²) >= 11 is 0. The molecule has 1 aromatic heterocycles. The van der Waals surface area contributed by atoms with Crippen molar-refractivity contribution < 1.29 is 14.3 Å². The second-order valence-electron chi connectivity index (χ2n) is 6.14. The first-order valence-electron chi connectivity index (χ1n) is 8.72. The molecular formula is C21H21N3O3. The summed E-state index contributed by atoms with van der Waals surface area (Å²) < 4.78 is 6.92. The van der Waals surface area contributed by atoms with Crippen LogP contribution in [0.25, 0.3) is 5.69 Å². The number of carbonyl (C=O) groups is 2. The number of aromatic nitrogens is 2. The van der Waals surface area contributed by atoms with Crippen LogP contribution in [-0.4, -0.2) is 27.8 Å². The van der Waals surface area contributed by atoms with Gasteiger partial charge in [0.15, 0.2) is 6.10 Å². The zero-order valence-electron chi connectivity index (χ0n) is 15.0. The summed E-state index contributed by atoms with van der Waals surface area (Å²) in [5, 5.41) is 7.01. The minimum Gasteiger partial charge on any atom is -0.452 e. The summed E-state index contributed by atoms with van der Waals surface area (Å²) in [5.74, 6) is -0.794. The Hall–Kier alpha value is -3.41. The normalized spacial score (nSPS) is 11.6. The molecule has 1 heterocycles. The topological polar surface area (TPSA) is 73.2 Å². The fourth-order valence-electron chi connectivity index (χ4n) is 2.56. The Morgan fingerprint density at radius 2 is 1.70 bits per heavy atom. The van der Waals surface area contributed by atoms with E-state index in [9.17, 15) is 9.59 Å². The van der Waals surface area contributed by atoms with Gasteiger partial charge in [0.1, 0.15) is 0 Å². The quantitative estimate of drug-likeness (QED) is 0.655. The van der Waals surface area contributed by atoms with Crippen molar-refractivity contribution in [3.63, 3.8) is 0 Å². The van der Waals surface area contributed by atoms with Crippen molar-refractivity contribution in [1.82, 2.24) is 15.1 Å². The highest BCUT2D eigenvalue weighted by molar-refractivity contribution is 5.83. The maximum Gasteiger partial charge on any atom is 0.311 e. The van der Waals surface area contributed by atoms with E-state index in [-0.39, 0.29) is 12.3 Å². The summed E-state index contributed by atoms with van der Waals surface area (Å²) in [4.78, 5) is 24.2. The Balaban J connectivity index is 1.48. The molecule has 6 heteroatoms. The minimum absolute atomic E-state index is 0.0587. The van der Waals surface area contributed by atoms with E-state index in [0.29, 0.717) is 6.54 Å². The number of rotatable bonds is 7. The van der Waals surface area contributed by atoms with Crippen LogP contribution in [0.15, 0.2) is 73.1 Å². The molecular weight excluding hydrogens is 342 g/mol. The predicted octanol–water partition coefficient (Wildman–Crippen LogP) is 2.66. The lowest BCUT2D eigenvalue weighted by Gasteiger charge is -2.13. The van der Waals surface area contributed by atoms with Crippen molar-refractivity contribution in [3.05, 3.63) is 84.2 Å². The Labute approximate surface area is 157 Å². The molecule has 0 radical (unpaired) electrons. The SMILES string of the molecule is CC(OC(=O)Cc1cnn(-c2ccccc2)c1)C(=O)NCc1ccccc1. The van der Waals surface area contributed by atoms with Crippen LogP contribution in [0.1, 0.15) is 18.1 Å². The Morgan fingerprint density at radius 1 is 1.04 bits per heavy atom. The maximum absolute atomic E-state index is 12.1. The lowest BCUT2D eigenvalue weighted by atomic mass is 10.2. The number of amides is 1. The van der Waals surface area contributed by atoms with E-state index in [0.717, 1.165) is 16.8 Å². The lowest BCUT2D eigenvalue weighted by Crippen LogP contribution is -2.35. The van der Waals surface area contributed by atoms with E-state index in [1.54, 1.807) is 24.0 Å². The summed E-state index contributed by atoms with van der Waals surface area (Å²) in [6, 6.07) is 19.2. The summed E-state index contributed by atoms with van der Waals surface area (Å²) in [5.41, 5.74) is 2.62. The van der Waals surface area contributed by atoms with E-state index in [1.807, 2.05) is 60.7 Å². The number of para-hydroxylation sites is 1. The van der Waals surface area contributed by atoms with Crippen molar-refractivity contribution >= 4 is 11.9 Å². The van der Waals surface area contributed by atoms with Crippen LogP contribution in [0.3, 0.4) is 0 Å². The van der Waals surface area contributed by atoms with Gasteiger partial charge in [0.25, 0.3) is 5.91 Å². The average Bonchev–Trinajstić information content (AvgIpc) is 3.15. The first-order chi connectivity index (χ1) is 13.1.